The fourth-order valence-corrected chi connectivity index (χ4v) is 3.00. The van der Waals surface area contributed by atoms with Crippen LogP contribution in [0.15, 0.2) is 54.6 Å². The van der Waals surface area contributed by atoms with E-state index in [2.05, 4.69) is 10.6 Å². The van der Waals surface area contributed by atoms with Crippen LogP contribution >= 0.6 is 11.6 Å². The average Bonchev–Trinajstić information content (AvgIpc) is 3.03. The van der Waals surface area contributed by atoms with Crippen molar-refractivity contribution in [3.8, 4) is 0 Å². The zero-order chi connectivity index (χ0) is 16.9. The highest BCUT2D eigenvalue weighted by Crippen LogP contribution is 2.20. The highest BCUT2D eigenvalue weighted by atomic mass is 35.5. The van der Waals surface area contributed by atoms with Crippen LogP contribution in [-0.4, -0.2) is 17.9 Å². The molecule has 0 radical (unpaired) electrons. The minimum atomic E-state index is -0.436. The molecule has 124 valence electrons. The number of carbonyl (C=O) groups is 2. The summed E-state index contributed by atoms with van der Waals surface area (Å²) in [5.41, 5.74) is 2.12. The summed E-state index contributed by atoms with van der Waals surface area (Å²) in [5, 5.41) is 6.47. The number of carbonyl (C=O) groups excluding carboxylic acids is 2. The minimum absolute atomic E-state index is 0.0656. The molecule has 2 aromatic rings. The minimum Gasteiger partial charge on any atom is -0.347 e. The number of nitrogens with one attached hydrogen (secondary N) is 2. The van der Waals surface area contributed by atoms with Gasteiger partial charge in [0, 0.05) is 11.4 Å². The molecule has 0 aromatic heterocycles. The molecule has 24 heavy (non-hydrogen) atoms. The first kappa shape index (κ1) is 16.5. The van der Waals surface area contributed by atoms with Gasteiger partial charge in [0.15, 0.2) is 0 Å². The van der Waals surface area contributed by atoms with Crippen LogP contribution in [0.1, 0.15) is 30.0 Å². The maximum Gasteiger partial charge on any atom is 0.243 e. The summed E-state index contributed by atoms with van der Waals surface area (Å²) < 4.78 is 0. The second kappa shape index (κ2) is 7.49. The van der Waals surface area contributed by atoms with Gasteiger partial charge in [0.05, 0.1) is 6.04 Å². The van der Waals surface area contributed by atoms with Gasteiger partial charge >= 0.3 is 0 Å². The summed E-state index contributed by atoms with van der Waals surface area (Å²) in [5.74, 6) is -0.201. The molecule has 0 unspecified atom stereocenters. The standard InChI is InChI=1S/C19H19ClN2O2/c20-15-8-6-13(7-9-15)12-17(14-4-2-1-3-5-14)22-19(24)16-10-11-18(23)21-16/h1-9,16-17H,10-12H2,(H,21,23)(H,22,24)/t16-,17+/m1/s1. The molecular weight excluding hydrogens is 324 g/mol. The van der Waals surface area contributed by atoms with Crippen LogP contribution in [0.3, 0.4) is 0 Å². The Kier molecular flexibility index (Phi) is 5.16. The molecule has 1 aliphatic heterocycles. The van der Waals surface area contributed by atoms with Crippen molar-refractivity contribution in [1.82, 2.24) is 10.6 Å². The van der Waals surface area contributed by atoms with E-state index in [4.69, 9.17) is 11.6 Å². The average molecular weight is 343 g/mol. The zero-order valence-electron chi connectivity index (χ0n) is 13.2. The number of benzene rings is 2. The van der Waals surface area contributed by atoms with E-state index in [1.807, 2.05) is 54.6 Å². The first-order valence-electron chi connectivity index (χ1n) is 8.01. The monoisotopic (exact) mass is 342 g/mol. The second-order valence-corrected chi connectivity index (χ2v) is 6.40. The van der Waals surface area contributed by atoms with E-state index >= 15 is 0 Å². The lowest BCUT2D eigenvalue weighted by Gasteiger charge is -2.21. The first-order chi connectivity index (χ1) is 11.6. The van der Waals surface area contributed by atoms with E-state index < -0.39 is 6.04 Å². The number of hydrogen-bond acceptors (Lipinski definition) is 2. The Balaban J connectivity index is 1.76. The van der Waals surface area contributed by atoms with Gasteiger partial charge in [-0.25, -0.2) is 0 Å². The number of rotatable bonds is 5. The summed E-state index contributed by atoms with van der Waals surface area (Å²) in [6.45, 7) is 0. The van der Waals surface area contributed by atoms with E-state index in [0.29, 0.717) is 24.3 Å². The topological polar surface area (TPSA) is 58.2 Å². The molecule has 2 amide bonds. The molecule has 2 atom stereocenters. The summed E-state index contributed by atoms with van der Waals surface area (Å²) in [7, 11) is 0. The van der Waals surface area contributed by atoms with Crippen molar-refractivity contribution in [2.75, 3.05) is 0 Å². The molecular formula is C19H19ClN2O2. The number of halogens is 1. The van der Waals surface area contributed by atoms with Crippen LogP contribution < -0.4 is 10.6 Å². The largest absolute Gasteiger partial charge is 0.347 e. The van der Waals surface area contributed by atoms with E-state index in [-0.39, 0.29) is 17.9 Å². The molecule has 1 saturated heterocycles. The zero-order valence-corrected chi connectivity index (χ0v) is 13.9. The third kappa shape index (κ3) is 4.15. The molecule has 4 nitrogen and oxygen atoms in total. The predicted molar refractivity (Wildman–Crippen MR) is 93.6 cm³/mol. The fourth-order valence-electron chi connectivity index (χ4n) is 2.88. The summed E-state index contributed by atoms with van der Waals surface area (Å²) in [4.78, 5) is 23.8. The fraction of sp³-hybridized carbons (Fsp3) is 0.263. The molecule has 3 rings (SSSR count). The third-order valence-corrected chi connectivity index (χ3v) is 4.44. The Bertz CT molecular complexity index is 716. The van der Waals surface area contributed by atoms with Crippen LogP contribution in [0, 0.1) is 0 Å². The summed E-state index contributed by atoms with van der Waals surface area (Å²) >= 11 is 5.94. The molecule has 5 heteroatoms. The number of amides is 2. The van der Waals surface area contributed by atoms with Crippen LogP contribution in [0.25, 0.3) is 0 Å². The van der Waals surface area contributed by atoms with Crippen molar-refractivity contribution in [2.24, 2.45) is 0 Å². The Morgan fingerprint density at radius 3 is 2.50 bits per heavy atom. The van der Waals surface area contributed by atoms with E-state index in [0.717, 1.165) is 11.1 Å². The van der Waals surface area contributed by atoms with Crippen molar-refractivity contribution in [1.29, 1.82) is 0 Å². The van der Waals surface area contributed by atoms with Gasteiger partial charge < -0.3 is 10.6 Å². The van der Waals surface area contributed by atoms with Gasteiger partial charge in [-0.3, -0.25) is 9.59 Å². The Morgan fingerprint density at radius 1 is 1.17 bits per heavy atom. The quantitative estimate of drug-likeness (QED) is 0.877. The molecule has 0 bridgehead atoms. The van der Waals surface area contributed by atoms with Crippen molar-refractivity contribution in [3.63, 3.8) is 0 Å². The van der Waals surface area contributed by atoms with Gasteiger partial charge in [-0.05, 0) is 36.1 Å². The summed E-state index contributed by atoms with van der Waals surface area (Å²) in [6, 6.07) is 16.9. The molecule has 0 aliphatic carbocycles. The van der Waals surface area contributed by atoms with Crippen LogP contribution in [0.2, 0.25) is 5.02 Å². The van der Waals surface area contributed by atoms with Gasteiger partial charge in [-0.15, -0.1) is 0 Å². The van der Waals surface area contributed by atoms with Crippen LogP contribution in [0.5, 0.6) is 0 Å². The Morgan fingerprint density at radius 2 is 1.88 bits per heavy atom. The van der Waals surface area contributed by atoms with Gasteiger partial charge in [-0.1, -0.05) is 54.1 Å². The molecule has 2 aromatic carbocycles. The molecule has 1 heterocycles. The third-order valence-electron chi connectivity index (χ3n) is 4.18. The van der Waals surface area contributed by atoms with Crippen molar-refractivity contribution in [2.45, 2.75) is 31.3 Å². The molecule has 0 saturated carbocycles. The van der Waals surface area contributed by atoms with Crippen LogP contribution in [-0.2, 0) is 16.0 Å². The maximum atomic E-state index is 12.5. The van der Waals surface area contributed by atoms with E-state index in [1.165, 1.54) is 0 Å². The Hall–Kier alpha value is -2.33. The van der Waals surface area contributed by atoms with Crippen molar-refractivity contribution in [3.05, 3.63) is 70.7 Å². The number of hydrogen-bond donors (Lipinski definition) is 2. The van der Waals surface area contributed by atoms with Crippen molar-refractivity contribution < 1.29 is 9.59 Å². The SMILES string of the molecule is O=C1CC[C@H](C(=O)N[C@@H](Cc2ccc(Cl)cc2)c2ccccc2)N1. The van der Waals surface area contributed by atoms with Gasteiger partial charge in [0.1, 0.15) is 6.04 Å². The maximum absolute atomic E-state index is 12.5. The molecule has 2 N–H and O–H groups in total. The highest BCUT2D eigenvalue weighted by molar-refractivity contribution is 6.30. The lowest BCUT2D eigenvalue weighted by Crippen LogP contribution is -2.43. The van der Waals surface area contributed by atoms with E-state index in [1.54, 1.807) is 0 Å². The smallest absolute Gasteiger partial charge is 0.243 e. The summed E-state index contributed by atoms with van der Waals surface area (Å²) in [6.07, 6.45) is 1.62. The normalized spacial score (nSPS) is 18.0. The molecule has 1 fully saturated rings. The first-order valence-corrected chi connectivity index (χ1v) is 8.39. The Labute approximate surface area is 146 Å². The van der Waals surface area contributed by atoms with E-state index in [9.17, 15) is 9.59 Å². The predicted octanol–water partition coefficient (Wildman–Crippen LogP) is 3.02. The molecule has 0 spiro atoms. The lowest BCUT2D eigenvalue weighted by atomic mass is 9.98. The lowest BCUT2D eigenvalue weighted by molar-refractivity contribution is -0.126. The molecule has 1 aliphatic rings. The second-order valence-electron chi connectivity index (χ2n) is 5.96. The van der Waals surface area contributed by atoms with Crippen LogP contribution in [0.4, 0.5) is 0 Å². The van der Waals surface area contributed by atoms with Gasteiger partial charge in [-0.2, -0.15) is 0 Å². The van der Waals surface area contributed by atoms with Crippen molar-refractivity contribution >= 4 is 23.4 Å². The van der Waals surface area contributed by atoms with Gasteiger partial charge in [0.2, 0.25) is 11.8 Å². The van der Waals surface area contributed by atoms with Gasteiger partial charge in [0.25, 0.3) is 0 Å². The highest BCUT2D eigenvalue weighted by Gasteiger charge is 2.28.